The predicted molar refractivity (Wildman–Crippen MR) is 60.6 cm³/mol. The van der Waals surface area contributed by atoms with Gasteiger partial charge in [-0.15, -0.1) is 0 Å². The quantitative estimate of drug-likeness (QED) is 0.758. The van der Waals surface area contributed by atoms with E-state index in [0.717, 1.165) is 18.8 Å². The summed E-state index contributed by atoms with van der Waals surface area (Å²) in [6, 6.07) is 2.01. The molecule has 0 spiro atoms. The third-order valence-corrected chi connectivity index (χ3v) is 3.56. The van der Waals surface area contributed by atoms with Crippen LogP contribution in [0.5, 0.6) is 0 Å². The van der Waals surface area contributed by atoms with Crippen LogP contribution in [0.4, 0.5) is 0 Å². The van der Waals surface area contributed by atoms with E-state index < -0.39 is 0 Å². The number of H-pyrrole nitrogens is 1. The first-order valence-corrected chi connectivity index (χ1v) is 5.59. The highest BCUT2D eigenvalue weighted by atomic mass is 15.2. The molecule has 0 amide bonds. The Morgan fingerprint density at radius 2 is 2.33 bits per heavy atom. The highest BCUT2D eigenvalue weighted by Gasteiger charge is 2.38. The van der Waals surface area contributed by atoms with Crippen LogP contribution in [-0.4, -0.2) is 41.3 Å². The Morgan fingerprint density at radius 3 is 2.80 bits per heavy atom. The minimum Gasteiger partial charge on any atom is -0.309 e. The second-order valence-electron chi connectivity index (χ2n) is 4.66. The lowest BCUT2D eigenvalue weighted by Crippen LogP contribution is -2.56. The van der Waals surface area contributed by atoms with Gasteiger partial charge in [-0.1, -0.05) is 0 Å². The number of aromatic nitrogens is 2. The van der Waals surface area contributed by atoms with Gasteiger partial charge in [-0.3, -0.25) is 5.10 Å². The first-order valence-electron chi connectivity index (χ1n) is 5.59. The first-order chi connectivity index (χ1) is 7.23. The van der Waals surface area contributed by atoms with E-state index in [1.807, 2.05) is 6.07 Å². The van der Waals surface area contributed by atoms with Crippen molar-refractivity contribution in [3.63, 3.8) is 0 Å². The van der Waals surface area contributed by atoms with Crippen LogP contribution in [-0.2, 0) is 6.54 Å². The molecule has 1 heterocycles. The molecule has 0 aromatic carbocycles. The number of rotatable bonds is 5. The molecule has 0 saturated heterocycles. The first kappa shape index (κ1) is 10.6. The number of hydrogen-bond acceptors (Lipinski definition) is 3. The molecule has 1 aromatic rings. The average molecular weight is 208 g/mol. The lowest BCUT2D eigenvalue weighted by atomic mass is 9.75. The molecule has 0 bridgehead atoms. The molecule has 15 heavy (non-hydrogen) atoms. The lowest BCUT2D eigenvalue weighted by Gasteiger charge is -2.47. The molecule has 84 valence electrons. The molecule has 0 unspecified atom stereocenters. The molecule has 1 aliphatic carbocycles. The number of aromatic amines is 1. The fraction of sp³-hybridized carbons (Fsp3) is 0.727. The zero-order valence-electron chi connectivity index (χ0n) is 9.58. The Kier molecular flexibility index (Phi) is 3.07. The molecule has 4 heteroatoms. The summed E-state index contributed by atoms with van der Waals surface area (Å²) in [5.41, 5.74) is 1.56. The van der Waals surface area contributed by atoms with Gasteiger partial charge in [0.25, 0.3) is 0 Å². The Hall–Kier alpha value is -0.870. The van der Waals surface area contributed by atoms with Crippen molar-refractivity contribution in [3.05, 3.63) is 18.0 Å². The average Bonchev–Trinajstić information content (AvgIpc) is 2.61. The molecular weight excluding hydrogens is 188 g/mol. The largest absolute Gasteiger partial charge is 0.309 e. The maximum absolute atomic E-state index is 3.93. The van der Waals surface area contributed by atoms with Crippen molar-refractivity contribution >= 4 is 0 Å². The maximum Gasteiger partial charge on any atom is 0.0490 e. The minimum atomic E-state index is 0.403. The predicted octanol–water partition coefficient (Wildman–Crippen LogP) is 0.984. The summed E-state index contributed by atoms with van der Waals surface area (Å²) in [4.78, 5) is 2.36. The smallest absolute Gasteiger partial charge is 0.0490 e. The Bertz CT molecular complexity index is 288. The number of hydrogen-bond donors (Lipinski definition) is 2. The second kappa shape index (κ2) is 4.33. The molecule has 0 aliphatic heterocycles. The molecule has 2 N–H and O–H groups in total. The van der Waals surface area contributed by atoms with Crippen LogP contribution in [0.3, 0.4) is 0 Å². The van der Waals surface area contributed by atoms with Crippen molar-refractivity contribution < 1.29 is 0 Å². The van der Waals surface area contributed by atoms with Gasteiger partial charge in [-0.25, -0.2) is 0 Å². The highest BCUT2D eigenvalue weighted by molar-refractivity contribution is 5.00. The van der Waals surface area contributed by atoms with Crippen LogP contribution < -0.4 is 5.32 Å². The van der Waals surface area contributed by atoms with Crippen molar-refractivity contribution in [1.82, 2.24) is 20.4 Å². The van der Waals surface area contributed by atoms with Gasteiger partial charge in [0.2, 0.25) is 0 Å². The van der Waals surface area contributed by atoms with E-state index in [9.17, 15) is 0 Å². The van der Waals surface area contributed by atoms with Crippen molar-refractivity contribution in [2.45, 2.75) is 31.3 Å². The number of nitrogens with one attached hydrogen (secondary N) is 2. The molecule has 4 nitrogen and oxygen atoms in total. The standard InChI is InChI=1S/C11H20N4/c1-15(2)11(5-3-6-11)9-12-8-10-4-7-13-14-10/h4,7,12H,3,5-6,8-9H2,1-2H3,(H,13,14). The molecule has 1 fully saturated rings. The molecule has 0 atom stereocenters. The van der Waals surface area contributed by atoms with Crippen molar-refractivity contribution in [3.8, 4) is 0 Å². The van der Waals surface area contributed by atoms with E-state index in [4.69, 9.17) is 0 Å². The van der Waals surface area contributed by atoms with E-state index in [2.05, 4.69) is 34.5 Å². The van der Waals surface area contributed by atoms with Crippen LogP contribution >= 0.6 is 0 Å². The summed E-state index contributed by atoms with van der Waals surface area (Å²) in [6.07, 6.45) is 5.79. The molecule has 1 saturated carbocycles. The van der Waals surface area contributed by atoms with Gasteiger partial charge in [-0.05, 0) is 39.4 Å². The minimum absolute atomic E-state index is 0.403. The maximum atomic E-state index is 3.93. The zero-order chi connectivity index (χ0) is 10.7. The monoisotopic (exact) mass is 208 g/mol. The van der Waals surface area contributed by atoms with Gasteiger partial charge in [0.05, 0.1) is 0 Å². The third-order valence-electron chi connectivity index (χ3n) is 3.56. The van der Waals surface area contributed by atoms with Crippen molar-refractivity contribution in [2.75, 3.05) is 20.6 Å². The number of likely N-dealkylation sites (N-methyl/N-ethyl adjacent to an activating group) is 1. The van der Waals surface area contributed by atoms with E-state index >= 15 is 0 Å². The summed E-state index contributed by atoms with van der Waals surface area (Å²) < 4.78 is 0. The van der Waals surface area contributed by atoms with Crippen LogP contribution in [0.15, 0.2) is 12.3 Å². The Labute approximate surface area is 91.1 Å². The summed E-state index contributed by atoms with van der Waals surface area (Å²) in [5, 5.41) is 10.4. The molecule has 0 radical (unpaired) electrons. The highest BCUT2D eigenvalue weighted by Crippen LogP contribution is 2.35. The number of nitrogens with zero attached hydrogens (tertiary/aromatic N) is 2. The van der Waals surface area contributed by atoms with Crippen LogP contribution in [0.2, 0.25) is 0 Å². The summed E-state index contributed by atoms with van der Waals surface area (Å²) in [7, 11) is 4.36. The lowest BCUT2D eigenvalue weighted by molar-refractivity contribution is 0.0597. The van der Waals surface area contributed by atoms with E-state index in [1.165, 1.54) is 19.3 Å². The summed E-state index contributed by atoms with van der Waals surface area (Å²) in [5.74, 6) is 0. The summed E-state index contributed by atoms with van der Waals surface area (Å²) >= 11 is 0. The van der Waals surface area contributed by atoms with Crippen molar-refractivity contribution in [1.29, 1.82) is 0 Å². The summed E-state index contributed by atoms with van der Waals surface area (Å²) in [6.45, 7) is 1.95. The van der Waals surface area contributed by atoms with Gasteiger partial charge in [-0.2, -0.15) is 5.10 Å². The Morgan fingerprint density at radius 1 is 1.53 bits per heavy atom. The second-order valence-corrected chi connectivity index (χ2v) is 4.66. The Balaban J connectivity index is 1.77. The molecule has 2 rings (SSSR count). The van der Waals surface area contributed by atoms with Crippen LogP contribution in [0.25, 0.3) is 0 Å². The van der Waals surface area contributed by atoms with E-state index in [0.29, 0.717) is 5.54 Å². The van der Waals surface area contributed by atoms with Crippen LogP contribution in [0, 0.1) is 0 Å². The van der Waals surface area contributed by atoms with Gasteiger partial charge in [0.1, 0.15) is 0 Å². The topological polar surface area (TPSA) is 44.0 Å². The van der Waals surface area contributed by atoms with E-state index in [-0.39, 0.29) is 0 Å². The van der Waals surface area contributed by atoms with Gasteiger partial charge in [0, 0.05) is 30.5 Å². The fourth-order valence-electron chi connectivity index (χ4n) is 2.18. The van der Waals surface area contributed by atoms with Gasteiger partial charge < -0.3 is 10.2 Å². The van der Waals surface area contributed by atoms with Crippen molar-refractivity contribution in [2.24, 2.45) is 0 Å². The third kappa shape index (κ3) is 2.21. The fourth-order valence-corrected chi connectivity index (χ4v) is 2.18. The SMILES string of the molecule is CN(C)C1(CNCc2ccn[nH]2)CCC1. The zero-order valence-corrected chi connectivity index (χ0v) is 9.58. The van der Waals surface area contributed by atoms with Gasteiger partial charge >= 0.3 is 0 Å². The molecular formula is C11H20N4. The van der Waals surface area contributed by atoms with Crippen LogP contribution in [0.1, 0.15) is 25.0 Å². The van der Waals surface area contributed by atoms with E-state index in [1.54, 1.807) is 6.20 Å². The molecule has 1 aromatic heterocycles. The molecule has 1 aliphatic rings. The normalized spacial score (nSPS) is 19.1. The van der Waals surface area contributed by atoms with Gasteiger partial charge in [0.15, 0.2) is 0 Å².